The Bertz CT molecular complexity index is 973. The SMILES string of the molecule is N=C(c1ccc(Cl)cc1)c1c(C(F)(F)F)[nH]n(-c2ccccc2)c1=O. The summed E-state index contributed by atoms with van der Waals surface area (Å²) >= 11 is 5.76. The zero-order valence-electron chi connectivity index (χ0n) is 12.6. The first-order chi connectivity index (χ1) is 11.8. The highest BCUT2D eigenvalue weighted by Gasteiger charge is 2.39. The van der Waals surface area contributed by atoms with Crippen molar-refractivity contribution >= 4 is 17.3 Å². The smallest absolute Gasteiger partial charge is 0.299 e. The zero-order chi connectivity index (χ0) is 18.2. The van der Waals surface area contributed by atoms with Crippen LogP contribution in [0.1, 0.15) is 16.8 Å². The molecule has 0 aliphatic rings. The molecular weight excluding hydrogens is 355 g/mol. The second-order valence-corrected chi connectivity index (χ2v) is 5.65. The number of nitrogens with one attached hydrogen (secondary N) is 2. The van der Waals surface area contributed by atoms with E-state index in [1.807, 2.05) is 0 Å². The first-order valence-electron chi connectivity index (χ1n) is 7.11. The van der Waals surface area contributed by atoms with E-state index in [-0.39, 0.29) is 11.3 Å². The Kier molecular flexibility index (Phi) is 4.26. The summed E-state index contributed by atoms with van der Waals surface area (Å²) in [6.45, 7) is 0. The monoisotopic (exact) mass is 365 g/mol. The number of halogens is 4. The number of alkyl halides is 3. The van der Waals surface area contributed by atoms with E-state index in [0.717, 1.165) is 4.68 Å². The number of benzene rings is 2. The van der Waals surface area contributed by atoms with Gasteiger partial charge < -0.3 is 0 Å². The predicted octanol–water partition coefficient (Wildman–Crippen LogP) is 4.25. The van der Waals surface area contributed by atoms with Crippen molar-refractivity contribution in [1.82, 2.24) is 9.78 Å². The number of aromatic amines is 1. The van der Waals surface area contributed by atoms with Crippen molar-refractivity contribution in [3.8, 4) is 5.69 Å². The van der Waals surface area contributed by atoms with E-state index in [1.54, 1.807) is 18.2 Å². The number of H-pyrrole nitrogens is 1. The van der Waals surface area contributed by atoms with E-state index in [1.165, 1.54) is 36.4 Å². The maximum atomic E-state index is 13.4. The van der Waals surface area contributed by atoms with Crippen molar-refractivity contribution < 1.29 is 13.2 Å². The lowest BCUT2D eigenvalue weighted by Crippen LogP contribution is -2.22. The highest BCUT2D eigenvalue weighted by Crippen LogP contribution is 2.31. The maximum Gasteiger partial charge on any atom is 0.433 e. The first-order valence-corrected chi connectivity index (χ1v) is 7.49. The van der Waals surface area contributed by atoms with Gasteiger partial charge >= 0.3 is 6.18 Å². The van der Waals surface area contributed by atoms with E-state index >= 15 is 0 Å². The van der Waals surface area contributed by atoms with E-state index in [0.29, 0.717) is 5.02 Å². The predicted molar refractivity (Wildman–Crippen MR) is 88.8 cm³/mol. The fourth-order valence-corrected chi connectivity index (χ4v) is 2.52. The van der Waals surface area contributed by atoms with Crippen molar-refractivity contribution in [2.45, 2.75) is 6.18 Å². The molecule has 2 N–H and O–H groups in total. The third-order valence-electron chi connectivity index (χ3n) is 3.57. The third kappa shape index (κ3) is 3.23. The summed E-state index contributed by atoms with van der Waals surface area (Å²) < 4.78 is 41.0. The average Bonchev–Trinajstić information content (AvgIpc) is 2.93. The van der Waals surface area contributed by atoms with E-state index in [9.17, 15) is 18.0 Å². The molecule has 25 heavy (non-hydrogen) atoms. The van der Waals surface area contributed by atoms with Gasteiger partial charge in [0, 0.05) is 10.6 Å². The third-order valence-corrected chi connectivity index (χ3v) is 3.82. The van der Waals surface area contributed by atoms with Gasteiger partial charge in [-0.2, -0.15) is 13.2 Å². The number of aromatic nitrogens is 2. The molecule has 0 fully saturated rings. The van der Waals surface area contributed by atoms with Crippen LogP contribution in [0.3, 0.4) is 0 Å². The van der Waals surface area contributed by atoms with Gasteiger partial charge in [0.05, 0.1) is 17.0 Å². The van der Waals surface area contributed by atoms with Crippen LogP contribution in [0.4, 0.5) is 13.2 Å². The Hall–Kier alpha value is -2.80. The summed E-state index contributed by atoms with van der Waals surface area (Å²) in [5.74, 6) is 0. The Morgan fingerprint density at radius 3 is 2.20 bits per heavy atom. The van der Waals surface area contributed by atoms with Gasteiger partial charge in [0.2, 0.25) is 0 Å². The van der Waals surface area contributed by atoms with Crippen LogP contribution < -0.4 is 5.56 Å². The molecular formula is C17H11ClF3N3O. The Morgan fingerprint density at radius 2 is 1.64 bits per heavy atom. The Balaban J connectivity index is 2.21. The molecule has 4 nitrogen and oxygen atoms in total. The number of hydrogen-bond acceptors (Lipinski definition) is 2. The van der Waals surface area contributed by atoms with Crippen LogP contribution in [-0.4, -0.2) is 15.5 Å². The van der Waals surface area contributed by atoms with Gasteiger partial charge in [-0.15, -0.1) is 0 Å². The summed E-state index contributed by atoms with van der Waals surface area (Å²) in [5.41, 5.74) is -3.07. The van der Waals surface area contributed by atoms with Gasteiger partial charge in [-0.25, -0.2) is 4.68 Å². The number of para-hydroxylation sites is 1. The largest absolute Gasteiger partial charge is 0.433 e. The zero-order valence-corrected chi connectivity index (χ0v) is 13.3. The van der Waals surface area contributed by atoms with Crippen molar-refractivity contribution in [1.29, 1.82) is 5.41 Å². The molecule has 0 aliphatic carbocycles. The molecule has 3 aromatic rings. The number of rotatable bonds is 3. The standard InChI is InChI=1S/C17H11ClF3N3O/c18-11-8-6-10(7-9-11)14(22)13-15(17(19,20)21)23-24(16(13)25)12-4-2-1-3-5-12/h1-9,22-23H. The molecule has 0 bridgehead atoms. The van der Waals surface area contributed by atoms with Crippen LogP contribution in [0, 0.1) is 5.41 Å². The van der Waals surface area contributed by atoms with Crippen molar-refractivity contribution in [3.63, 3.8) is 0 Å². The van der Waals surface area contributed by atoms with Crippen molar-refractivity contribution in [2.75, 3.05) is 0 Å². The Labute approximate surface area is 145 Å². The lowest BCUT2D eigenvalue weighted by molar-refractivity contribution is -0.141. The van der Waals surface area contributed by atoms with Crippen LogP contribution >= 0.6 is 11.6 Å². The summed E-state index contributed by atoms with van der Waals surface area (Å²) in [5, 5.41) is 10.6. The van der Waals surface area contributed by atoms with Crippen LogP contribution in [0.2, 0.25) is 5.02 Å². The normalized spacial score (nSPS) is 11.5. The summed E-state index contributed by atoms with van der Waals surface area (Å²) in [4.78, 5) is 12.6. The summed E-state index contributed by atoms with van der Waals surface area (Å²) in [6, 6.07) is 13.5. The molecule has 0 unspecified atom stereocenters. The van der Waals surface area contributed by atoms with Crippen LogP contribution in [0.5, 0.6) is 0 Å². The molecule has 0 radical (unpaired) electrons. The van der Waals surface area contributed by atoms with E-state index < -0.39 is 28.7 Å². The highest BCUT2D eigenvalue weighted by molar-refractivity contribution is 6.30. The van der Waals surface area contributed by atoms with Crippen LogP contribution in [-0.2, 0) is 6.18 Å². The first kappa shape index (κ1) is 17.0. The van der Waals surface area contributed by atoms with Gasteiger partial charge in [-0.1, -0.05) is 41.9 Å². The summed E-state index contributed by atoms with van der Waals surface area (Å²) in [6.07, 6.45) is -4.81. The molecule has 1 heterocycles. The van der Waals surface area contributed by atoms with E-state index in [2.05, 4.69) is 5.10 Å². The highest BCUT2D eigenvalue weighted by atomic mass is 35.5. The number of hydrogen-bond donors (Lipinski definition) is 2. The molecule has 0 atom stereocenters. The van der Waals surface area contributed by atoms with Gasteiger partial charge in [0.15, 0.2) is 5.69 Å². The average molecular weight is 366 g/mol. The fraction of sp³-hybridized carbons (Fsp3) is 0.0588. The topological polar surface area (TPSA) is 61.6 Å². The Morgan fingerprint density at radius 1 is 1.04 bits per heavy atom. The van der Waals surface area contributed by atoms with Crippen LogP contribution in [0.25, 0.3) is 5.69 Å². The summed E-state index contributed by atoms with van der Waals surface area (Å²) in [7, 11) is 0. The van der Waals surface area contributed by atoms with Crippen molar-refractivity contribution in [2.24, 2.45) is 0 Å². The molecule has 0 aliphatic heterocycles. The lowest BCUT2D eigenvalue weighted by atomic mass is 10.0. The molecule has 2 aromatic carbocycles. The second kappa shape index (κ2) is 6.25. The number of nitrogens with zero attached hydrogens (tertiary/aromatic N) is 1. The molecule has 3 rings (SSSR count). The van der Waals surface area contributed by atoms with Crippen molar-refractivity contribution in [3.05, 3.63) is 86.8 Å². The minimum Gasteiger partial charge on any atom is -0.299 e. The minimum atomic E-state index is -4.81. The van der Waals surface area contributed by atoms with Gasteiger partial charge in [-0.05, 0) is 24.3 Å². The molecule has 8 heteroatoms. The fourth-order valence-electron chi connectivity index (χ4n) is 2.39. The van der Waals surface area contributed by atoms with Gasteiger partial charge in [-0.3, -0.25) is 15.3 Å². The quantitative estimate of drug-likeness (QED) is 0.669. The van der Waals surface area contributed by atoms with Crippen LogP contribution in [0.15, 0.2) is 59.4 Å². The minimum absolute atomic E-state index is 0.159. The molecule has 1 aromatic heterocycles. The lowest BCUT2D eigenvalue weighted by Gasteiger charge is -2.07. The molecule has 0 saturated carbocycles. The molecule has 0 spiro atoms. The molecule has 0 saturated heterocycles. The van der Waals surface area contributed by atoms with Gasteiger partial charge in [0.1, 0.15) is 0 Å². The molecule has 128 valence electrons. The maximum absolute atomic E-state index is 13.4. The van der Waals surface area contributed by atoms with E-state index in [4.69, 9.17) is 17.0 Å². The second-order valence-electron chi connectivity index (χ2n) is 5.22. The molecule has 0 amide bonds. The van der Waals surface area contributed by atoms with Gasteiger partial charge in [0.25, 0.3) is 5.56 Å².